The van der Waals surface area contributed by atoms with E-state index in [0.717, 1.165) is 30.7 Å². The first-order valence-electron chi connectivity index (χ1n) is 5.58. The van der Waals surface area contributed by atoms with E-state index in [9.17, 15) is 0 Å². The van der Waals surface area contributed by atoms with E-state index >= 15 is 0 Å². The molecule has 1 atom stereocenters. The van der Waals surface area contributed by atoms with Gasteiger partial charge in [0.2, 0.25) is 0 Å². The van der Waals surface area contributed by atoms with Crippen molar-refractivity contribution >= 4 is 0 Å². The zero-order valence-corrected chi connectivity index (χ0v) is 10.4. The first kappa shape index (κ1) is 12.2. The van der Waals surface area contributed by atoms with Crippen molar-refractivity contribution in [2.45, 2.75) is 34.2 Å². The minimum Gasteiger partial charge on any atom is -0.317 e. The highest BCUT2D eigenvalue weighted by atomic mass is 15.3. The van der Waals surface area contributed by atoms with Gasteiger partial charge >= 0.3 is 0 Å². The summed E-state index contributed by atoms with van der Waals surface area (Å²) in [4.78, 5) is 0. The zero-order valence-electron chi connectivity index (χ0n) is 10.4. The van der Waals surface area contributed by atoms with Gasteiger partial charge in [-0.15, -0.1) is 10.2 Å². The first-order valence-corrected chi connectivity index (χ1v) is 5.58. The van der Waals surface area contributed by atoms with Crippen LogP contribution >= 0.6 is 0 Å². The van der Waals surface area contributed by atoms with Crippen molar-refractivity contribution in [2.75, 3.05) is 6.54 Å². The van der Waals surface area contributed by atoms with Crippen LogP contribution in [0.5, 0.6) is 0 Å². The quantitative estimate of drug-likeness (QED) is 0.801. The summed E-state index contributed by atoms with van der Waals surface area (Å²) in [5, 5.41) is 11.5. The Balaban J connectivity index is 2.35. The number of nitrogens with one attached hydrogen (secondary N) is 1. The molecule has 0 amide bonds. The van der Waals surface area contributed by atoms with E-state index in [1.165, 1.54) is 0 Å². The Bertz CT molecular complexity index is 304. The van der Waals surface area contributed by atoms with Gasteiger partial charge in [0.1, 0.15) is 11.6 Å². The molecule has 86 valence electrons. The van der Waals surface area contributed by atoms with Crippen LogP contribution in [0.2, 0.25) is 0 Å². The molecule has 0 aliphatic rings. The first-order chi connectivity index (χ1) is 7.02. The summed E-state index contributed by atoms with van der Waals surface area (Å²) in [5.41, 5.74) is 0. The molecular weight excluding hydrogens is 188 g/mol. The Hall–Kier alpha value is -0.900. The van der Waals surface area contributed by atoms with Gasteiger partial charge in [-0.2, -0.15) is 0 Å². The molecule has 1 aromatic heterocycles. The molecule has 1 heterocycles. The number of aromatic nitrogens is 3. The van der Waals surface area contributed by atoms with E-state index in [1.54, 1.807) is 0 Å². The van der Waals surface area contributed by atoms with E-state index in [1.807, 2.05) is 18.5 Å². The van der Waals surface area contributed by atoms with E-state index in [2.05, 4.69) is 36.3 Å². The summed E-state index contributed by atoms with van der Waals surface area (Å²) in [6, 6.07) is 0. The molecule has 0 saturated heterocycles. The predicted molar refractivity (Wildman–Crippen MR) is 61.4 cm³/mol. The maximum absolute atomic E-state index is 4.11. The third kappa shape index (κ3) is 3.30. The number of rotatable bonds is 5. The molecule has 1 N–H and O–H groups in total. The topological polar surface area (TPSA) is 42.7 Å². The molecule has 0 aromatic carbocycles. The summed E-state index contributed by atoms with van der Waals surface area (Å²) >= 11 is 0. The molecule has 0 aliphatic carbocycles. The van der Waals surface area contributed by atoms with Crippen molar-refractivity contribution in [1.82, 2.24) is 20.1 Å². The molecule has 1 rings (SSSR count). The molecule has 1 unspecified atom stereocenters. The number of nitrogens with zero attached hydrogens (tertiary/aromatic N) is 3. The molecule has 0 spiro atoms. The fraction of sp³-hybridized carbons (Fsp3) is 0.818. The summed E-state index contributed by atoms with van der Waals surface area (Å²) in [5.74, 6) is 3.38. The molecule has 4 nitrogen and oxygen atoms in total. The van der Waals surface area contributed by atoms with E-state index in [-0.39, 0.29) is 0 Å². The van der Waals surface area contributed by atoms with Gasteiger partial charge in [-0.25, -0.2) is 0 Å². The standard InChI is InChI=1S/C11H22N4/c1-8(2)9(3)6-12-7-11-14-13-10(4)15(11)5/h8-9,12H,6-7H2,1-5H3. The Morgan fingerprint density at radius 1 is 1.27 bits per heavy atom. The maximum Gasteiger partial charge on any atom is 0.146 e. The SMILES string of the molecule is Cc1nnc(CNCC(C)C(C)C)n1C. The Kier molecular flexibility index (Phi) is 4.27. The van der Waals surface area contributed by atoms with Gasteiger partial charge < -0.3 is 9.88 Å². The van der Waals surface area contributed by atoms with Crippen LogP contribution in [0.25, 0.3) is 0 Å². The van der Waals surface area contributed by atoms with Gasteiger partial charge in [0.05, 0.1) is 6.54 Å². The highest BCUT2D eigenvalue weighted by Crippen LogP contribution is 2.07. The molecule has 1 aromatic rings. The smallest absolute Gasteiger partial charge is 0.146 e. The third-order valence-electron chi connectivity index (χ3n) is 3.07. The van der Waals surface area contributed by atoms with Crippen molar-refractivity contribution < 1.29 is 0 Å². The van der Waals surface area contributed by atoms with Crippen LogP contribution in [0.3, 0.4) is 0 Å². The average molecular weight is 210 g/mol. The van der Waals surface area contributed by atoms with Crippen LogP contribution in [-0.2, 0) is 13.6 Å². The van der Waals surface area contributed by atoms with Crippen LogP contribution in [0.15, 0.2) is 0 Å². The van der Waals surface area contributed by atoms with Gasteiger partial charge in [0, 0.05) is 7.05 Å². The fourth-order valence-electron chi connectivity index (χ4n) is 1.25. The molecular formula is C11H22N4. The molecule has 0 saturated carbocycles. The maximum atomic E-state index is 4.11. The lowest BCUT2D eigenvalue weighted by Crippen LogP contribution is -2.25. The van der Waals surface area contributed by atoms with Crippen molar-refractivity contribution in [3.05, 3.63) is 11.6 Å². The predicted octanol–water partition coefficient (Wildman–Crippen LogP) is 1.51. The second-order valence-electron chi connectivity index (χ2n) is 4.57. The molecule has 4 heteroatoms. The van der Waals surface area contributed by atoms with Crippen LogP contribution in [0, 0.1) is 18.8 Å². The largest absolute Gasteiger partial charge is 0.317 e. The second-order valence-corrected chi connectivity index (χ2v) is 4.57. The molecule has 0 bridgehead atoms. The minimum atomic E-state index is 0.694. The van der Waals surface area contributed by atoms with Gasteiger partial charge in [0.15, 0.2) is 0 Å². The van der Waals surface area contributed by atoms with Gasteiger partial charge in [0.25, 0.3) is 0 Å². The Morgan fingerprint density at radius 2 is 1.93 bits per heavy atom. The van der Waals surface area contributed by atoms with Crippen molar-refractivity contribution in [2.24, 2.45) is 18.9 Å². The molecule has 15 heavy (non-hydrogen) atoms. The van der Waals surface area contributed by atoms with Crippen molar-refractivity contribution in [3.8, 4) is 0 Å². The van der Waals surface area contributed by atoms with Gasteiger partial charge in [-0.3, -0.25) is 0 Å². The monoisotopic (exact) mass is 210 g/mol. The number of aryl methyl sites for hydroxylation is 1. The number of hydrogen-bond donors (Lipinski definition) is 1. The Morgan fingerprint density at radius 3 is 2.40 bits per heavy atom. The summed E-state index contributed by atoms with van der Waals surface area (Å²) in [6.45, 7) is 10.6. The highest BCUT2D eigenvalue weighted by molar-refractivity contribution is 4.91. The van der Waals surface area contributed by atoms with Gasteiger partial charge in [-0.05, 0) is 25.3 Å². The van der Waals surface area contributed by atoms with Crippen LogP contribution in [0.4, 0.5) is 0 Å². The lowest BCUT2D eigenvalue weighted by atomic mass is 9.98. The molecule has 0 fully saturated rings. The Labute approximate surface area is 92.1 Å². The summed E-state index contributed by atoms with van der Waals surface area (Å²) in [6.07, 6.45) is 0. The fourth-order valence-corrected chi connectivity index (χ4v) is 1.25. The van der Waals surface area contributed by atoms with E-state index in [0.29, 0.717) is 5.92 Å². The minimum absolute atomic E-state index is 0.694. The van der Waals surface area contributed by atoms with Crippen LogP contribution < -0.4 is 5.32 Å². The number of hydrogen-bond acceptors (Lipinski definition) is 3. The summed E-state index contributed by atoms with van der Waals surface area (Å²) < 4.78 is 2.02. The lowest BCUT2D eigenvalue weighted by molar-refractivity contribution is 0.389. The normalized spacial score (nSPS) is 13.5. The highest BCUT2D eigenvalue weighted by Gasteiger charge is 2.08. The van der Waals surface area contributed by atoms with Crippen molar-refractivity contribution in [3.63, 3.8) is 0 Å². The molecule has 0 radical (unpaired) electrons. The van der Waals surface area contributed by atoms with Gasteiger partial charge in [-0.1, -0.05) is 20.8 Å². The average Bonchev–Trinajstić information content (AvgIpc) is 2.49. The van der Waals surface area contributed by atoms with Crippen LogP contribution in [-0.4, -0.2) is 21.3 Å². The van der Waals surface area contributed by atoms with Crippen molar-refractivity contribution in [1.29, 1.82) is 0 Å². The van der Waals surface area contributed by atoms with E-state index in [4.69, 9.17) is 0 Å². The summed E-state index contributed by atoms with van der Waals surface area (Å²) in [7, 11) is 2.00. The van der Waals surface area contributed by atoms with E-state index < -0.39 is 0 Å². The third-order valence-corrected chi connectivity index (χ3v) is 3.07. The second kappa shape index (κ2) is 5.26. The lowest BCUT2D eigenvalue weighted by Gasteiger charge is -2.15. The molecule has 0 aliphatic heterocycles. The van der Waals surface area contributed by atoms with Crippen LogP contribution in [0.1, 0.15) is 32.4 Å². The zero-order chi connectivity index (χ0) is 11.4.